The third-order valence-corrected chi connectivity index (χ3v) is 3.97. The van der Waals surface area contributed by atoms with Gasteiger partial charge in [0.25, 0.3) is 5.91 Å². The lowest BCUT2D eigenvalue weighted by atomic mass is 10.1. The number of carbonyl (C=O) groups is 1. The third kappa shape index (κ3) is 3.51. The van der Waals surface area contributed by atoms with Crippen molar-refractivity contribution < 1.29 is 9.53 Å². The number of ether oxygens (including phenoxy) is 1. The van der Waals surface area contributed by atoms with Crippen molar-refractivity contribution in [3.63, 3.8) is 0 Å². The SMILES string of the molecule is Cc1ccc(Nc2ncccc2C(=O)N2CCOCC2)c(C)c1. The van der Waals surface area contributed by atoms with Crippen molar-refractivity contribution in [3.05, 3.63) is 53.2 Å². The molecule has 120 valence electrons. The van der Waals surface area contributed by atoms with Gasteiger partial charge in [-0.2, -0.15) is 0 Å². The van der Waals surface area contributed by atoms with Crippen LogP contribution in [0.2, 0.25) is 0 Å². The Hall–Kier alpha value is -2.40. The summed E-state index contributed by atoms with van der Waals surface area (Å²) < 4.78 is 5.31. The molecular formula is C18H21N3O2. The molecule has 23 heavy (non-hydrogen) atoms. The predicted molar refractivity (Wildman–Crippen MR) is 90.2 cm³/mol. The summed E-state index contributed by atoms with van der Waals surface area (Å²) in [6.07, 6.45) is 1.70. The van der Waals surface area contributed by atoms with Crippen molar-refractivity contribution in [2.45, 2.75) is 13.8 Å². The molecule has 0 aliphatic carbocycles. The van der Waals surface area contributed by atoms with Crippen molar-refractivity contribution in [1.29, 1.82) is 0 Å². The second-order valence-electron chi connectivity index (χ2n) is 5.75. The zero-order valence-corrected chi connectivity index (χ0v) is 13.5. The van der Waals surface area contributed by atoms with Crippen molar-refractivity contribution in [3.8, 4) is 0 Å². The van der Waals surface area contributed by atoms with Crippen LogP contribution >= 0.6 is 0 Å². The first-order valence-electron chi connectivity index (χ1n) is 7.81. The fourth-order valence-electron chi connectivity index (χ4n) is 2.70. The summed E-state index contributed by atoms with van der Waals surface area (Å²) in [5, 5.41) is 3.30. The minimum Gasteiger partial charge on any atom is -0.378 e. The molecule has 1 aliphatic heterocycles. The lowest BCUT2D eigenvalue weighted by Crippen LogP contribution is -2.40. The summed E-state index contributed by atoms with van der Waals surface area (Å²) in [6.45, 7) is 6.53. The van der Waals surface area contributed by atoms with E-state index in [-0.39, 0.29) is 5.91 Å². The molecule has 2 heterocycles. The molecular weight excluding hydrogens is 290 g/mol. The number of aryl methyl sites for hydroxylation is 2. The average molecular weight is 311 g/mol. The van der Waals surface area contributed by atoms with Crippen LogP contribution in [0.5, 0.6) is 0 Å². The maximum Gasteiger partial charge on any atom is 0.257 e. The van der Waals surface area contributed by atoms with Crippen molar-refractivity contribution >= 4 is 17.4 Å². The Kier molecular flexibility index (Phi) is 4.57. The van der Waals surface area contributed by atoms with Gasteiger partial charge in [0.15, 0.2) is 0 Å². The third-order valence-electron chi connectivity index (χ3n) is 3.97. The highest BCUT2D eigenvalue weighted by Gasteiger charge is 2.21. The Morgan fingerprint density at radius 3 is 2.74 bits per heavy atom. The fourth-order valence-corrected chi connectivity index (χ4v) is 2.70. The number of pyridine rings is 1. The van der Waals surface area contributed by atoms with Gasteiger partial charge in [0.05, 0.1) is 18.8 Å². The van der Waals surface area contributed by atoms with Gasteiger partial charge >= 0.3 is 0 Å². The van der Waals surface area contributed by atoms with Crippen LogP contribution in [-0.4, -0.2) is 42.1 Å². The summed E-state index contributed by atoms with van der Waals surface area (Å²) in [6, 6.07) is 9.77. The highest BCUT2D eigenvalue weighted by molar-refractivity contribution is 5.99. The molecule has 0 unspecified atom stereocenters. The van der Waals surface area contributed by atoms with Crippen molar-refractivity contribution in [2.75, 3.05) is 31.6 Å². The molecule has 0 bridgehead atoms. The quantitative estimate of drug-likeness (QED) is 0.947. The second-order valence-corrected chi connectivity index (χ2v) is 5.75. The highest BCUT2D eigenvalue weighted by atomic mass is 16.5. The van der Waals surface area contributed by atoms with Gasteiger partial charge in [0.2, 0.25) is 0 Å². The van der Waals surface area contributed by atoms with Crippen LogP contribution < -0.4 is 5.32 Å². The van der Waals surface area contributed by atoms with Crippen LogP contribution in [-0.2, 0) is 4.74 Å². The molecule has 2 aromatic rings. The molecule has 1 amide bonds. The molecule has 1 aromatic carbocycles. The number of nitrogens with one attached hydrogen (secondary N) is 1. The minimum absolute atomic E-state index is 0.00587. The summed E-state index contributed by atoms with van der Waals surface area (Å²) >= 11 is 0. The zero-order valence-electron chi connectivity index (χ0n) is 13.5. The molecule has 5 nitrogen and oxygen atoms in total. The van der Waals surface area contributed by atoms with Crippen LogP contribution in [0.4, 0.5) is 11.5 Å². The largest absolute Gasteiger partial charge is 0.378 e. The number of morpholine rings is 1. The summed E-state index contributed by atoms with van der Waals surface area (Å²) in [5.41, 5.74) is 3.89. The second kappa shape index (κ2) is 6.79. The van der Waals surface area contributed by atoms with Crippen LogP contribution in [0.25, 0.3) is 0 Å². The number of carbonyl (C=O) groups excluding carboxylic acids is 1. The average Bonchev–Trinajstić information content (AvgIpc) is 2.58. The number of anilines is 2. The van der Waals surface area contributed by atoms with Gasteiger partial charge in [-0.15, -0.1) is 0 Å². The molecule has 0 saturated carbocycles. The van der Waals surface area contributed by atoms with Gasteiger partial charge in [-0.1, -0.05) is 17.7 Å². The van der Waals surface area contributed by atoms with Crippen LogP contribution in [0.3, 0.4) is 0 Å². The number of aromatic nitrogens is 1. The molecule has 1 aromatic heterocycles. The van der Waals surface area contributed by atoms with Gasteiger partial charge < -0.3 is 15.0 Å². The minimum atomic E-state index is -0.00587. The number of hydrogen-bond donors (Lipinski definition) is 1. The number of amides is 1. The van der Waals surface area contributed by atoms with Gasteiger partial charge in [0.1, 0.15) is 5.82 Å². The molecule has 1 aliphatic rings. The normalized spacial score (nSPS) is 14.6. The van der Waals surface area contributed by atoms with E-state index >= 15 is 0 Å². The highest BCUT2D eigenvalue weighted by Crippen LogP contribution is 2.23. The molecule has 0 atom stereocenters. The first-order chi connectivity index (χ1) is 11.1. The van der Waals surface area contributed by atoms with E-state index in [9.17, 15) is 4.79 Å². The summed E-state index contributed by atoms with van der Waals surface area (Å²) in [5.74, 6) is 0.588. The predicted octanol–water partition coefficient (Wildman–Crippen LogP) is 2.91. The zero-order chi connectivity index (χ0) is 16.2. The standard InChI is InChI=1S/C18H21N3O2/c1-13-5-6-16(14(2)12-13)20-17-15(4-3-7-19-17)18(22)21-8-10-23-11-9-21/h3-7,12H,8-11H2,1-2H3,(H,19,20). The Balaban J connectivity index is 1.86. The van der Waals surface area contributed by atoms with Gasteiger partial charge in [-0.25, -0.2) is 4.98 Å². The monoisotopic (exact) mass is 311 g/mol. The molecule has 5 heteroatoms. The summed E-state index contributed by atoms with van der Waals surface area (Å²) in [7, 11) is 0. The lowest BCUT2D eigenvalue weighted by Gasteiger charge is -2.27. The molecule has 1 N–H and O–H groups in total. The Labute approximate surface area is 136 Å². The maximum absolute atomic E-state index is 12.7. The Morgan fingerprint density at radius 1 is 1.22 bits per heavy atom. The topological polar surface area (TPSA) is 54.5 Å². The van der Waals surface area contributed by atoms with Crippen LogP contribution in [0, 0.1) is 13.8 Å². The maximum atomic E-state index is 12.7. The molecule has 1 fully saturated rings. The van der Waals surface area contributed by atoms with E-state index in [1.807, 2.05) is 30.0 Å². The smallest absolute Gasteiger partial charge is 0.257 e. The van der Waals surface area contributed by atoms with E-state index in [1.54, 1.807) is 12.3 Å². The fraction of sp³-hybridized carbons (Fsp3) is 0.333. The van der Waals surface area contributed by atoms with Gasteiger partial charge in [-0.3, -0.25) is 4.79 Å². The molecule has 3 rings (SSSR count). The van der Waals surface area contributed by atoms with E-state index in [1.165, 1.54) is 5.56 Å². The van der Waals surface area contributed by atoms with E-state index in [0.717, 1.165) is 11.3 Å². The first-order valence-corrected chi connectivity index (χ1v) is 7.81. The van der Waals surface area contributed by atoms with Crippen molar-refractivity contribution in [1.82, 2.24) is 9.88 Å². The number of nitrogens with zero attached hydrogens (tertiary/aromatic N) is 2. The molecule has 0 spiro atoms. The van der Waals surface area contributed by atoms with E-state index in [4.69, 9.17) is 4.74 Å². The van der Waals surface area contributed by atoms with Gasteiger partial charge in [-0.05, 0) is 37.6 Å². The molecule has 1 saturated heterocycles. The van der Waals surface area contributed by atoms with E-state index < -0.39 is 0 Å². The number of benzene rings is 1. The number of hydrogen-bond acceptors (Lipinski definition) is 4. The van der Waals surface area contributed by atoms with Crippen LogP contribution in [0.1, 0.15) is 21.5 Å². The Morgan fingerprint density at radius 2 is 2.00 bits per heavy atom. The molecule has 0 radical (unpaired) electrons. The Bertz CT molecular complexity index is 709. The van der Waals surface area contributed by atoms with Crippen molar-refractivity contribution in [2.24, 2.45) is 0 Å². The number of rotatable bonds is 3. The lowest BCUT2D eigenvalue weighted by molar-refractivity contribution is 0.0303. The van der Waals surface area contributed by atoms with E-state index in [0.29, 0.717) is 37.7 Å². The first kappa shape index (κ1) is 15.5. The van der Waals surface area contributed by atoms with Crippen LogP contribution in [0.15, 0.2) is 36.5 Å². The summed E-state index contributed by atoms with van der Waals surface area (Å²) in [4.78, 5) is 18.9. The van der Waals surface area contributed by atoms with E-state index in [2.05, 4.69) is 23.3 Å². The van der Waals surface area contributed by atoms with Gasteiger partial charge in [0, 0.05) is 25.0 Å².